The molecular formula is C27H19N3O2S. The predicted octanol–water partition coefficient (Wildman–Crippen LogP) is 6.15. The van der Waals surface area contributed by atoms with E-state index in [1.807, 2.05) is 55.5 Å². The second-order valence-electron chi connectivity index (χ2n) is 7.52. The van der Waals surface area contributed by atoms with Crippen LogP contribution in [0, 0.1) is 6.92 Å². The summed E-state index contributed by atoms with van der Waals surface area (Å²) >= 11 is 1.51. The van der Waals surface area contributed by atoms with E-state index in [4.69, 9.17) is 4.98 Å². The highest BCUT2D eigenvalue weighted by Crippen LogP contribution is 2.34. The summed E-state index contributed by atoms with van der Waals surface area (Å²) in [4.78, 5) is 36.2. The number of amides is 1. The van der Waals surface area contributed by atoms with E-state index in [-0.39, 0.29) is 11.7 Å². The molecule has 0 fully saturated rings. The van der Waals surface area contributed by atoms with Crippen molar-refractivity contribution in [1.82, 2.24) is 9.97 Å². The molecule has 0 aliphatic carbocycles. The molecule has 6 heteroatoms. The average Bonchev–Trinajstić information content (AvgIpc) is 3.29. The lowest BCUT2D eigenvalue weighted by molar-refractivity contribution is 0.0996. The zero-order valence-corrected chi connectivity index (χ0v) is 18.6. The Kier molecular flexibility index (Phi) is 5.50. The van der Waals surface area contributed by atoms with Gasteiger partial charge in [0.25, 0.3) is 5.91 Å². The molecule has 0 atom stereocenters. The van der Waals surface area contributed by atoms with Gasteiger partial charge in [0.2, 0.25) is 0 Å². The third-order valence-electron chi connectivity index (χ3n) is 5.43. The summed E-state index contributed by atoms with van der Waals surface area (Å²) in [6, 6.07) is 25.4. The van der Waals surface area contributed by atoms with Crippen LogP contribution in [-0.4, -0.2) is 21.7 Å². The van der Waals surface area contributed by atoms with Gasteiger partial charge < -0.3 is 5.32 Å². The van der Waals surface area contributed by atoms with Crippen LogP contribution in [0.5, 0.6) is 0 Å². The molecule has 0 bridgehead atoms. The fraction of sp³-hybridized carbons (Fsp3) is 0.0370. The molecule has 0 radical (unpaired) electrons. The van der Waals surface area contributed by atoms with Crippen molar-refractivity contribution < 1.29 is 9.59 Å². The lowest BCUT2D eigenvalue weighted by atomic mass is 9.97. The summed E-state index contributed by atoms with van der Waals surface area (Å²) in [5.74, 6) is -0.519. The maximum Gasteiger partial charge on any atom is 0.256 e. The maximum atomic E-state index is 13.2. The monoisotopic (exact) mass is 449 g/mol. The van der Waals surface area contributed by atoms with Gasteiger partial charge in [0.1, 0.15) is 15.4 Å². The van der Waals surface area contributed by atoms with Gasteiger partial charge in [0.15, 0.2) is 5.78 Å². The molecule has 0 spiro atoms. The summed E-state index contributed by atoms with van der Waals surface area (Å²) in [6.45, 7) is 1.95. The van der Waals surface area contributed by atoms with Crippen LogP contribution >= 0.6 is 11.3 Å². The second-order valence-corrected chi connectivity index (χ2v) is 8.50. The van der Waals surface area contributed by atoms with Crippen LogP contribution < -0.4 is 5.32 Å². The van der Waals surface area contributed by atoms with E-state index in [1.165, 1.54) is 11.3 Å². The molecule has 5 rings (SSSR count). The summed E-state index contributed by atoms with van der Waals surface area (Å²) < 4.78 is 0. The zero-order chi connectivity index (χ0) is 22.8. The second kappa shape index (κ2) is 8.76. The maximum absolute atomic E-state index is 13.2. The Morgan fingerprint density at radius 2 is 1.58 bits per heavy atom. The fourth-order valence-corrected chi connectivity index (χ4v) is 4.69. The van der Waals surface area contributed by atoms with Crippen molar-refractivity contribution in [1.29, 1.82) is 0 Å². The minimum Gasteiger partial charge on any atom is -0.322 e. The van der Waals surface area contributed by atoms with Crippen molar-refractivity contribution in [3.63, 3.8) is 0 Å². The van der Waals surface area contributed by atoms with Crippen molar-refractivity contribution in [3.8, 4) is 10.6 Å². The van der Waals surface area contributed by atoms with Crippen LogP contribution in [0.2, 0.25) is 0 Å². The average molecular weight is 450 g/mol. The molecule has 3 aromatic carbocycles. The number of nitrogens with zero attached hydrogens (tertiary/aromatic N) is 2. The third kappa shape index (κ3) is 4.04. The van der Waals surface area contributed by atoms with Crippen LogP contribution in [0.4, 0.5) is 5.69 Å². The first-order chi connectivity index (χ1) is 16.1. The van der Waals surface area contributed by atoms with E-state index in [0.717, 1.165) is 26.5 Å². The normalized spacial score (nSPS) is 10.8. The molecule has 1 N–H and O–H groups in total. The highest BCUT2D eigenvalue weighted by Gasteiger charge is 2.19. The largest absolute Gasteiger partial charge is 0.322 e. The Balaban J connectivity index is 1.47. The number of benzene rings is 3. The number of anilines is 1. The first kappa shape index (κ1) is 20.7. The molecule has 33 heavy (non-hydrogen) atoms. The number of rotatable bonds is 5. The molecule has 1 amide bonds. The van der Waals surface area contributed by atoms with Crippen molar-refractivity contribution in [2.24, 2.45) is 0 Å². The van der Waals surface area contributed by atoms with Crippen LogP contribution in [-0.2, 0) is 0 Å². The fourth-order valence-electron chi connectivity index (χ4n) is 3.70. The number of pyridine rings is 1. The molecular weight excluding hydrogens is 430 g/mol. The quantitative estimate of drug-likeness (QED) is 0.327. The number of carbonyl (C=O) groups is 2. The number of aromatic nitrogens is 2. The van der Waals surface area contributed by atoms with Crippen LogP contribution in [0.25, 0.3) is 20.9 Å². The van der Waals surface area contributed by atoms with Crippen LogP contribution in [0.1, 0.15) is 31.8 Å². The van der Waals surface area contributed by atoms with Crippen molar-refractivity contribution >= 4 is 39.1 Å². The first-order valence-corrected chi connectivity index (χ1v) is 11.2. The van der Waals surface area contributed by atoms with E-state index >= 15 is 0 Å². The number of ketones is 1. The molecule has 0 unspecified atom stereocenters. The van der Waals surface area contributed by atoms with Crippen LogP contribution in [0.3, 0.4) is 0 Å². The van der Waals surface area contributed by atoms with Crippen LogP contribution in [0.15, 0.2) is 91.1 Å². The molecule has 5 nitrogen and oxygen atoms in total. The number of hydrogen-bond acceptors (Lipinski definition) is 5. The summed E-state index contributed by atoms with van der Waals surface area (Å²) in [5.41, 5.74) is 4.60. The summed E-state index contributed by atoms with van der Waals surface area (Å²) in [5, 5.41) is 3.83. The third-order valence-corrected chi connectivity index (χ3v) is 6.44. The lowest BCUT2D eigenvalue weighted by Gasteiger charge is -2.13. The number of thiazole rings is 1. The molecule has 0 saturated carbocycles. The Morgan fingerprint density at radius 1 is 0.818 bits per heavy atom. The van der Waals surface area contributed by atoms with Gasteiger partial charge in [0.05, 0.1) is 5.56 Å². The van der Waals surface area contributed by atoms with E-state index < -0.39 is 0 Å². The minimum absolute atomic E-state index is 0.186. The molecule has 2 heterocycles. The van der Waals surface area contributed by atoms with Gasteiger partial charge in [-0.05, 0) is 36.8 Å². The number of hydrogen-bond donors (Lipinski definition) is 1. The van der Waals surface area contributed by atoms with E-state index in [0.29, 0.717) is 22.4 Å². The van der Waals surface area contributed by atoms with E-state index in [9.17, 15) is 9.59 Å². The molecule has 2 aromatic heterocycles. The molecule has 5 aromatic rings. The van der Waals surface area contributed by atoms with Gasteiger partial charge in [-0.3, -0.25) is 9.59 Å². The van der Waals surface area contributed by atoms with E-state index in [1.54, 1.807) is 42.6 Å². The standard InChI is InChI=1S/C27H19N3O2S/c1-17-19(26-30-23-15-8-16-28-27(23)33-26)13-7-14-22(17)29-25(32)21-12-6-5-11-20(21)24(31)18-9-3-2-4-10-18/h2-16H,1H3,(H,29,32). The van der Waals surface area contributed by atoms with Gasteiger partial charge in [-0.2, -0.15) is 0 Å². The lowest BCUT2D eigenvalue weighted by Crippen LogP contribution is -2.17. The number of nitrogens with one attached hydrogen (secondary N) is 1. The van der Waals surface area contributed by atoms with E-state index in [2.05, 4.69) is 10.3 Å². The SMILES string of the molecule is Cc1c(NC(=O)c2ccccc2C(=O)c2ccccc2)cccc1-c1nc2cccnc2s1. The zero-order valence-electron chi connectivity index (χ0n) is 17.8. The molecule has 0 aliphatic heterocycles. The Bertz CT molecular complexity index is 1460. The Morgan fingerprint density at radius 3 is 2.36 bits per heavy atom. The van der Waals surface area contributed by atoms with Gasteiger partial charge in [0, 0.05) is 28.6 Å². The van der Waals surface area contributed by atoms with Gasteiger partial charge in [-0.1, -0.05) is 72.0 Å². The summed E-state index contributed by atoms with van der Waals surface area (Å²) in [7, 11) is 0. The van der Waals surface area contributed by atoms with Crippen molar-refractivity contribution in [3.05, 3.63) is 113 Å². The van der Waals surface area contributed by atoms with Gasteiger partial charge in [-0.25, -0.2) is 9.97 Å². The minimum atomic E-state index is -0.332. The van der Waals surface area contributed by atoms with Crippen molar-refractivity contribution in [2.75, 3.05) is 5.32 Å². The predicted molar refractivity (Wildman–Crippen MR) is 132 cm³/mol. The molecule has 0 saturated heterocycles. The first-order valence-electron chi connectivity index (χ1n) is 10.4. The Hall–Kier alpha value is -4.16. The number of carbonyl (C=O) groups excluding carboxylic acids is 2. The smallest absolute Gasteiger partial charge is 0.256 e. The van der Waals surface area contributed by atoms with Crippen molar-refractivity contribution in [2.45, 2.75) is 6.92 Å². The molecule has 0 aliphatic rings. The number of fused-ring (bicyclic) bond motifs is 1. The highest BCUT2D eigenvalue weighted by atomic mass is 32.1. The Labute approximate surface area is 194 Å². The highest BCUT2D eigenvalue weighted by molar-refractivity contribution is 7.21. The summed E-state index contributed by atoms with van der Waals surface area (Å²) in [6.07, 6.45) is 1.75. The van der Waals surface area contributed by atoms with Gasteiger partial charge >= 0.3 is 0 Å². The van der Waals surface area contributed by atoms with Gasteiger partial charge in [-0.15, -0.1) is 0 Å². The molecule has 160 valence electrons. The topological polar surface area (TPSA) is 72.0 Å².